The Balaban J connectivity index is 2.31. The molecule has 74 valence electrons. The van der Waals surface area contributed by atoms with Crippen LogP contribution in [0.1, 0.15) is 46.0 Å². The van der Waals surface area contributed by atoms with E-state index in [2.05, 4.69) is 5.32 Å². The molecule has 0 spiro atoms. The third-order valence-electron chi connectivity index (χ3n) is 2.73. The van der Waals surface area contributed by atoms with Crippen LogP contribution in [0.25, 0.3) is 0 Å². The Morgan fingerprint density at radius 2 is 1.85 bits per heavy atom. The molecule has 0 aromatic heterocycles. The van der Waals surface area contributed by atoms with Crippen LogP contribution >= 0.6 is 0 Å². The monoisotopic (exact) mass is 180 g/mol. The maximum absolute atomic E-state index is 7.41. The lowest BCUT2D eigenvalue weighted by Gasteiger charge is -2.22. The molecule has 1 saturated carbocycles. The molecule has 2 heteroatoms. The minimum absolute atomic E-state index is 0.656. The molecule has 0 atom stereocenters. The molecule has 13 heavy (non-hydrogen) atoms. The molecule has 1 aliphatic rings. The molecular formula is C11H20N2. The molecule has 0 aromatic rings. The fourth-order valence-electron chi connectivity index (χ4n) is 1.62. The molecular weight excluding hydrogens is 160 g/mol. The average Bonchev–Trinajstić information content (AvgIpc) is 2.15. The summed E-state index contributed by atoms with van der Waals surface area (Å²) in [6.07, 6.45) is 8.69. The van der Waals surface area contributed by atoms with Crippen LogP contribution < -0.4 is 5.32 Å². The first-order valence-electron chi connectivity index (χ1n) is 5.18. The van der Waals surface area contributed by atoms with Crippen LogP contribution in [0, 0.1) is 5.41 Å². The molecule has 0 unspecified atom stereocenters. The third kappa shape index (κ3) is 3.62. The molecule has 1 aliphatic carbocycles. The second kappa shape index (κ2) is 5.05. The van der Waals surface area contributed by atoms with Gasteiger partial charge in [0.2, 0.25) is 0 Å². The van der Waals surface area contributed by atoms with Gasteiger partial charge in [-0.05, 0) is 32.3 Å². The summed E-state index contributed by atoms with van der Waals surface area (Å²) in [6.45, 7) is 3.81. The highest BCUT2D eigenvalue weighted by Gasteiger charge is 2.10. The molecule has 2 N–H and O–H groups in total. The van der Waals surface area contributed by atoms with E-state index in [0.717, 1.165) is 5.57 Å². The number of hydrogen-bond acceptors (Lipinski definition) is 2. The van der Waals surface area contributed by atoms with Crippen molar-refractivity contribution in [1.29, 1.82) is 5.41 Å². The van der Waals surface area contributed by atoms with E-state index in [1.165, 1.54) is 32.1 Å². The summed E-state index contributed by atoms with van der Waals surface area (Å²) < 4.78 is 0. The molecule has 0 amide bonds. The van der Waals surface area contributed by atoms with E-state index in [1.54, 1.807) is 0 Å². The normalized spacial score (nSPS) is 20.0. The fourth-order valence-corrected chi connectivity index (χ4v) is 1.62. The summed E-state index contributed by atoms with van der Waals surface area (Å²) in [5.74, 6) is 0. The van der Waals surface area contributed by atoms with Gasteiger partial charge in [0.15, 0.2) is 0 Å². The SMILES string of the molecule is CC(=N)/C(C)=C\NC1CCCCC1. The van der Waals surface area contributed by atoms with E-state index in [0.29, 0.717) is 11.8 Å². The van der Waals surface area contributed by atoms with Crippen molar-refractivity contribution >= 4 is 5.71 Å². The predicted octanol–water partition coefficient (Wildman–Crippen LogP) is 2.85. The zero-order valence-corrected chi connectivity index (χ0v) is 8.69. The second-order valence-electron chi connectivity index (χ2n) is 3.95. The van der Waals surface area contributed by atoms with E-state index in [-0.39, 0.29) is 0 Å². The highest BCUT2D eigenvalue weighted by Crippen LogP contribution is 2.17. The Hall–Kier alpha value is -0.790. The topological polar surface area (TPSA) is 35.9 Å². The van der Waals surface area contributed by atoms with Gasteiger partial charge in [0.05, 0.1) is 0 Å². The summed E-state index contributed by atoms with van der Waals surface area (Å²) in [4.78, 5) is 0. The Bertz CT molecular complexity index is 200. The number of allylic oxidation sites excluding steroid dienone is 1. The first-order chi connectivity index (χ1) is 6.20. The van der Waals surface area contributed by atoms with Gasteiger partial charge in [-0.25, -0.2) is 0 Å². The van der Waals surface area contributed by atoms with E-state index in [9.17, 15) is 0 Å². The first-order valence-corrected chi connectivity index (χ1v) is 5.18. The highest BCUT2D eigenvalue weighted by molar-refractivity contribution is 5.94. The van der Waals surface area contributed by atoms with Crippen LogP contribution in [0.4, 0.5) is 0 Å². The predicted molar refractivity (Wildman–Crippen MR) is 57.2 cm³/mol. The van der Waals surface area contributed by atoms with Gasteiger partial charge < -0.3 is 10.7 Å². The van der Waals surface area contributed by atoms with Crippen molar-refractivity contribution in [2.75, 3.05) is 0 Å². The molecule has 0 aliphatic heterocycles. The minimum atomic E-state index is 0.656. The Labute approximate surface area is 80.9 Å². The molecule has 0 heterocycles. The Morgan fingerprint density at radius 1 is 1.23 bits per heavy atom. The van der Waals surface area contributed by atoms with Crippen LogP contribution in [0.15, 0.2) is 11.8 Å². The van der Waals surface area contributed by atoms with Gasteiger partial charge in [-0.3, -0.25) is 0 Å². The van der Waals surface area contributed by atoms with Crippen LogP contribution in [0.2, 0.25) is 0 Å². The third-order valence-corrected chi connectivity index (χ3v) is 2.73. The average molecular weight is 180 g/mol. The molecule has 0 radical (unpaired) electrons. The van der Waals surface area contributed by atoms with Crippen LogP contribution in [-0.4, -0.2) is 11.8 Å². The van der Waals surface area contributed by atoms with E-state index in [4.69, 9.17) is 5.41 Å². The smallest absolute Gasteiger partial charge is 0.0326 e. The maximum Gasteiger partial charge on any atom is 0.0326 e. The van der Waals surface area contributed by atoms with Gasteiger partial charge in [0.25, 0.3) is 0 Å². The maximum atomic E-state index is 7.41. The Kier molecular flexibility index (Phi) is 4.00. The van der Waals surface area contributed by atoms with Crippen molar-refractivity contribution in [1.82, 2.24) is 5.32 Å². The van der Waals surface area contributed by atoms with Gasteiger partial charge >= 0.3 is 0 Å². The molecule has 2 nitrogen and oxygen atoms in total. The zero-order chi connectivity index (χ0) is 9.68. The molecule has 0 saturated heterocycles. The first kappa shape index (κ1) is 10.3. The zero-order valence-electron chi connectivity index (χ0n) is 8.69. The standard InChI is InChI=1S/C11H20N2/c1-9(10(2)12)8-13-11-6-4-3-5-7-11/h8,11-13H,3-7H2,1-2H3/b9-8-,12-10?. The Morgan fingerprint density at radius 3 is 2.38 bits per heavy atom. The van der Waals surface area contributed by atoms with Crippen molar-refractivity contribution in [3.63, 3.8) is 0 Å². The lowest BCUT2D eigenvalue weighted by Crippen LogP contribution is -2.27. The summed E-state index contributed by atoms with van der Waals surface area (Å²) >= 11 is 0. The van der Waals surface area contributed by atoms with Gasteiger partial charge in [0.1, 0.15) is 0 Å². The van der Waals surface area contributed by atoms with Gasteiger partial charge in [-0.15, -0.1) is 0 Å². The molecule has 1 fully saturated rings. The van der Waals surface area contributed by atoms with Crippen molar-refractivity contribution in [2.45, 2.75) is 52.0 Å². The van der Waals surface area contributed by atoms with Crippen molar-refractivity contribution < 1.29 is 0 Å². The van der Waals surface area contributed by atoms with Crippen molar-refractivity contribution in [3.8, 4) is 0 Å². The van der Waals surface area contributed by atoms with E-state index >= 15 is 0 Å². The van der Waals surface area contributed by atoms with Crippen molar-refractivity contribution in [3.05, 3.63) is 11.8 Å². The lowest BCUT2D eigenvalue weighted by atomic mass is 9.95. The van der Waals surface area contributed by atoms with Gasteiger partial charge in [0, 0.05) is 18.0 Å². The van der Waals surface area contributed by atoms with Crippen LogP contribution in [-0.2, 0) is 0 Å². The summed E-state index contributed by atoms with van der Waals surface area (Å²) in [5.41, 5.74) is 1.70. The molecule has 1 rings (SSSR count). The number of nitrogens with one attached hydrogen (secondary N) is 2. The lowest BCUT2D eigenvalue weighted by molar-refractivity contribution is 0.404. The second-order valence-corrected chi connectivity index (χ2v) is 3.95. The van der Waals surface area contributed by atoms with Crippen molar-refractivity contribution in [2.24, 2.45) is 0 Å². The molecule has 0 aromatic carbocycles. The summed E-state index contributed by atoms with van der Waals surface area (Å²) in [6, 6.07) is 0.656. The van der Waals surface area contributed by atoms with E-state index in [1.807, 2.05) is 20.0 Å². The van der Waals surface area contributed by atoms with Crippen LogP contribution in [0.3, 0.4) is 0 Å². The van der Waals surface area contributed by atoms with Gasteiger partial charge in [-0.2, -0.15) is 0 Å². The summed E-state index contributed by atoms with van der Waals surface area (Å²) in [7, 11) is 0. The summed E-state index contributed by atoms with van der Waals surface area (Å²) in [5, 5.41) is 10.8. The highest BCUT2D eigenvalue weighted by atomic mass is 14.9. The largest absolute Gasteiger partial charge is 0.388 e. The minimum Gasteiger partial charge on any atom is -0.388 e. The number of hydrogen-bond donors (Lipinski definition) is 2. The fraction of sp³-hybridized carbons (Fsp3) is 0.727. The quantitative estimate of drug-likeness (QED) is 0.644. The number of rotatable bonds is 3. The van der Waals surface area contributed by atoms with Gasteiger partial charge in [-0.1, -0.05) is 19.3 Å². The molecule has 0 bridgehead atoms. The van der Waals surface area contributed by atoms with Crippen LogP contribution in [0.5, 0.6) is 0 Å². The van der Waals surface area contributed by atoms with E-state index < -0.39 is 0 Å².